The van der Waals surface area contributed by atoms with E-state index < -0.39 is 4.92 Å². The molecule has 2 aromatic heterocycles. The molecule has 0 N–H and O–H groups in total. The predicted octanol–water partition coefficient (Wildman–Crippen LogP) is 3.28. The number of nitrogens with zero attached hydrogens (tertiary/aromatic N) is 4. The minimum absolute atomic E-state index is 0.00598. The van der Waals surface area contributed by atoms with Crippen molar-refractivity contribution in [3.63, 3.8) is 0 Å². The Labute approximate surface area is 157 Å². The van der Waals surface area contributed by atoms with E-state index in [2.05, 4.69) is 21.8 Å². The van der Waals surface area contributed by atoms with Crippen LogP contribution >= 0.6 is 0 Å². The van der Waals surface area contributed by atoms with Crippen LogP contribution < -0.4 is 9.64 Å². The lowest BCUT2D eigenvalue weighted by Crippen LogP contribution is -2.31. The van der Waals surface area contributed by atoms with Gasteiger partial charge in [-0.1, -0.05) is 17.6 Å². The van der Waals surface area contributed by atoms with Crippen LogP contribution in [0, 0.1) is 28.9 Å². The second-order valence-corrected chi connectivity index (χ2v) is 6.18. The van der Waals surface area contributed by atoms with Gasteiger partial charge in [-0.3, -0.25) is 10.1 Å². The minimum atomic E-state index is -0.409. The lowest BCUT2D eigenvalue weighted by molar-refractivity contribution is -0.384. The first-order chi connectivity index (χ1) is 13.1. The number of nitro groups is 1. The number of hydrogen-bond donors (Lipinski definition) is 0. The lowest BCUT2D eigenvalue weighted by Gasteiger charge is -2.28. The van der Waals surface area contributed by atoms with E-state index in [9.17, 15) is 10.1 Å². The van der Waals surface area contributed by atoms with Gasteiger partial charge in [-0.25, -0.2) is 4.98 Å². The van der Waals surface area contributed by atoms with Crippen LogP contribution in [-0.2, 0) is 0 Å². The fraction of sp³-hybridized carbons (Fsp3) is 0.300. The van der Waals surface area contributed by atoms with Crippen LogP contribution in [0.3, 0.4) is 0 Å². The van der Waals surface area contributed by atoms with Crippen molar-refractivity contribution in [1.82, 2.24) is 9.97 Å². The first kappa shape index (κ1) is 18.4. The summed E-state index contributed by atoms with van der Waals surface area (Å²) in [5.41, 5.74) is 2.90. The van der Waals surface area contributed by atoms with E-state index in [1.807, 2.05) is 36.1 Å². The van der Waals surface area contributed by atoms with E-state index >= 15 is 0 Å². The molecule has 1 fully saturated rings. The number of rotatable bonds is 3. The maximum absolute atomic E-state index is 11.3. The molecule has 2 aromatic rings. The molecule has 27 heavy (non-hydrogen) atoms. The average Bonchev–Trinajstić information content (AvgIpc) is 2.68. The lowest BCUT2D eigenvalue weighted by atomic mass is 10.0. The minimum Gasteiger partial charge on any atom is -0.481 e. The molecule has 0 spiro atoms. The summed E-state index contributed by atoms with van der Waals surface area (Å²) in [4.78, 5) is 21.4. The highest BCUT2D eigenvalue weighted by Gasteiger charge is 2.24. The maximum atomic E-state index is 11.3. The maximum Gasteiger partial charge on any atom is 0.311 e. The number of pyridine rings is 2. The van der Waals surface area contributed by atoms with Gasteiger partial charge in [0.1, 0.15) is 5.69 Å². The highest BCUT2D eigenvalue weighted by atomic mass is 16.6. The van der Waals surface area contributed by atoms with Crippen molar-refractivity contribution >= 4 is 11.5 Å². The zero-order chi connectivity index (χ0) is 19.2. The molecule has 3 heterocycles. The molecular formula is C20H20N4O3. The van der Waals surface area contributed by atoms with Gasteiger partial charge in [0, 0.05) is 30.9 Å². The second-order valence-electron chi connectivity index (χ2n) is 6.18. The topological polar surface area (TPSA) is 81.4 Å². The van der Waals surface area contributed by atoms with Crippen molar-refractivity contribution < 1.29 is 9.66 Å². The van der Waals surface area contributed by atoms with Crippen LogP contribution in [0.2, 0.25) is 0 Å². The molecule has 0 amide bonds. The summed E-state index contributed by atoms with van der Waals surface area (Å²) >= 11 is 0. The summed E-state index contributed by atoms with van der Waals surface area (Å²) < 4.78 is 5.11. The van der Waals surface area contributed by atoms with Crippen molar-refractivity contribution in [2.45, 2.75) is 19.8 Å². The standard InChI is InChI=1S/C20H20N4O3/c1-15-5-3-7-17(21-15)8-4-6-16-11-13-23(14-12-16)20-18(24(25)26)9-10-19(22-20)27-2/h3,5-7,9-10H,11-14H2,1-2H3. The summed E-state index contributed by atoms with van der Waals surface area (Å²) in [5.74, 6) is 6.83. The Morgan fingerprint density at radius 2 is 2.00 bits per heavy atom. The largest absolute Gasteiger partial charge is 0.481 e. The van der Waals surface area contributed by atoms with Gasteiger partial charge in [0.25, 0.3) is 0 Å². The Kier molecular flexibility index (Phi) is 5.67. The molecule has 0 aliphatic carbocycles. The van der Waals surface area contributed by atoms with Gasteiger partial charge in [0.15, 0.2) is 0 Å². The van der Waals surface area contributed by atoms with E-state index in [1.54, 1.807) is 0 Å². The van der Waals surface area contributed by atoms with Gasteiger partial charge in [-0.15, -0.1) is 0 Å². The summed E-state index contributed by atoms with van der Waals surface area (Å²) in [5, 5.41) is 11.3. The molecule has 138 valence electrons. The van der Waals surface area contributed by atoms with Gasteiger partial charge in [0.05, 0.1) is 12.0 Å². The molecule has 1 saturated heterocycles. The predicted molar refractivity (Wildman–Crippen MR) is 103 cm³/mol. The highest BCUT2D eigenvalue weighted by molar-refractivity contribution is 5.59. The molecule has 0 unspecified atom stereocenters. The third-order valence-corrected chi connectivity index (χ3v) is 4.30. The second kappa shape index (κ2) is 8.32. The quantitative estimate of drug-likeness (QED) is 0.472. The van der Waals surface area contributed by atoms with Crippen LogP contribution in [0.4, 0.5) is 11.5 Å². The number of hydrogen-bond acceptors (Lipinski definition) is 6. The van der Waals surface area contributed by atoms with Gasteiger partial charge in [-0.2, -0.15) is 4.98 Å². The van der Waals surface area contributed by atoms with E-state index in [4.69, 9.17) is 4.74 Å². The molecule has 0 aromatic carbocycles. The van der Waals surface area contributed by atoms with Crippen LogP contribution in [0.1, 0.15) is 24.2 Å². The van der Waals surface area contributed by atoms with Crippen molar-refractivity contribution in [1.29, 1.82) is 0 Å². The number of anilines is 1. The zero-order valence-corrected chi connectivity index (χ0v) is 15.3. The molecular weight excluding hydrogens is 344 g/mol. The van der Waals surface area contributed by atoms with E-state index in [0.717, 1.165) is 24.2 Å². The molecule has 7 nitrogen and oxygen atoms in total. The first-order valence-corrected chi connectivity index (χ1v) is 8.64. The molecule has 0 radical (unpaired) electrons. The van der Waals surface area contributed by atoms with Crippen molar-refractivity contribution in [2.24, 2.45) is 0 Å². The third kappa shape index (κ3) is 4.61. The Bertz CT molecular complexity index is 934. The Balaban J connectivity index is 1.70. The van der Waals surface area contributed by atoms with Gasteiger partial charge in [-0.05, 0) is 43.9 Å². The number of allylic oxidation sites excluding steroid dienone is 1. The Morgan fingerprint density at radius 1 is 1.22 bits per heavy atom. The van der Waals surface area contributed by atoms with Crippen molar-refractivity contribution in [3.05, 3.63) is 63.5 Å². The van der Waals surface area contributed by atoms with Gasteiger partial charge < -0.3 is 9.64 Å². The zero-order valence-electron chi connectivity index (χ0n) is 15.3. The third-order valence-electron chi connectivity index (χ3n) is 4.30. The number of methoxy groups -OCH3 is 1. The smallest absolute Gasteiger partial charge is 0.311 e. The Hall–Kier alpha value is -3.40. The number of aromatic nitrogens is 2. The van der Waals surface area contributed by atoms with E-state index in [0.29, 0.717) is 24.8 Å². The number of piperidine rings is 1. The fourth-order valence-electron chi connectivity index (χ4n) is 2.89. The molecule has 0 saturated carbocycles. The molecule has 1 aliphatic rings. The normalized spacial score (nSPS) is 13.6. The number of ether oxygens (including phenoxy) is 1. The molecule has 0 atom stereocenters. The summed E-state index contributed by atoms with van der Waals surface area (Å²) in [6.07, 6.45) is 3.49. The molecule has 1 aliphatic heterocycles. The molecule has 7 heteroatoms. The SMILES string of the molecule is COc1ccc([N+](=O)[O-])c(N2CCC(=CC#Cc3cccc(C)n3)CC2)n1. The van der Waals surface area contributed by atoms with Crippen LogP contribution in [0.5, 0.6) is 5.88 Å². The molecule has 0 bridgehead atoms. The van der Waals surface area contributed by atoms with Crippen molar-refractivity contribution in [2.75, 3.05) is 25.1 Å². The summed E-state index contributed by atoms with van der Waals surface area (Å²) in [6.45, 7) is 3.24. The van der Waals surface area contributed by atoms with E-state index in [-0.39, 0.29) is 5.69 Å². The van der Waals surface area contributed by atoms with E-state index in [1.165, 1.54) is 24.8 Å². The van der Waals surface area contributed by atoms with Crippen LogP contribution in [0.25, 0.3) is 0 Å². The monoisotopic (exact) mass is 364 g/mol. The average molecular weight is 364 g/mol. The highest BCUT2D eigenvalue weighted by Crippen LogP contribution is 2.31. The first-order valence-electron chi connectivity index (χ1n) is 8.64. The van der Waals surface area contributed by atoms with Crippen LogP contribution in [-0.4, -0.2) is 35.1 Å². The summed E-state index contributed by atoms with van der Waals surface area (Å²) in [6, 6.07) is 8.70. The number of aryl methyl sites for hydroxylation is 1. The summed E-state index contributed by atoms with van der Waals surface area (Å²) in [7, 11) is 1.50. The Morgan fingerprint density at radius 3 is 2.67 bits per heavy atom. The van der Waals surface area contributed by atoms with Crippen LogP contribution in [0.15, 0.2) is 42.0 Å². The van der Waals surface area contributed by atoms with Gasteiger partial charge in [0.2, 0.25) is 11.7 Å². The molecule has 3 rings (SSSR count). The van der Waals surface area contributed by atoms with Crippen molar-refractivity contribution in [3.8, 4) is 17.7 Å². The van der Waals surface area contributed by atoms with Gasteiger partial charge >= 0.3 is 5.69 Å². The fourth-order valence-corrected chi connectivity index (χ4v) is 2.89.